The molecule has 1 amide bonds. The highest BCUT2D eigenvalue weighted by Crippen LogP contribution is 2.36. The Morgan fingerprint density at radius 1 is 1.35 bits per heavy atom. The highest BCUT2D eigenvalue weighted by atomic mass is 32.1. The molecule has 0 unspecified atom stereocenters. The molecule has 0 atom stereocenters. The van der Waals surface area contributed by atoms with E-state index in [9.17, 15) is 4.79 Å². The molecule has 2 aromatic rings. The number of anilines is 1. The van der Waals surface area contributed by atoms with Crippen LogP contribution in [0.15, 0.2) is 12.4 Å². The van der Waals surface area contributed by atoms with Gasteiger partial charge in [-0.1, -0.05) is 0 Å². The number of nitrogens with one attached hydrogen (secondary N) is 2. The van der Waals surface area contributed by atoms with Gasteiger partial charge >= 0.3 is 0 Å². The molecule has 1 fully saturated rings. The summed E-state index contributed by atoms with van der Waals surface area (Å²) in [5.41, 5.74) is 1.94. The Balaban J connectivity index is 1.50. The van der Waals surface area contributed by atoms with E-state index >= 15 is 0 Å². The first kappa shape index (κ1) is 15.9. The van der Waals surface area contributed by atoms with Crippen molar-refractivity contribution in [2.24, 2.45) is 0 Å². The molecule has 0 saturated heterocycles. The van der Waals surface area contributed by atoms with E-state index in [0.717, 1.165) is 39.9 Å². The Hall–Kier alpha value is -2.02. The minimum atomic E-state index is 0.0560. The molecule has 1 aliphatic carbocycles. The molecular formula is C16H21N5OS. The molecule has 1 saturated carbocycles. The maximum Gasteiger partial charge on any atom is 0.226 e. The summed E-state index contributed by atoms with van der Waals surface area (Å²) in [7, 11) is 1.85. The average molecular weight is 331 g/mol. The van der Waals surface area contributed by atoms with Gasteiger partial charge in [-0.2, -0.15) is 0 Å². The molecular weight excluding hydrogens is 310 g/mol. The Labute approximate surface area is 139 Å². The maximum atomic E-state index is 12.1. The van der Waals surface area contributed by atoms with Crippen molar-refractivity contribution in [2.75, 3.05) is 12.4 Å². The van der Waals surface area contributed by atoms with Crippen LogP contribution >= 0.6 is 11.3 Å². The van der Waals surface area contributed by atoms with Gasteiger partial charge in [-0.25, -0.2) is 15.0 Å². The zero-order chi connectivity index (χ0) is 16.4. The van der Waals surface area contributed by atoms with Crippen molar-refractivity contribution in [1.82, 2.24) is 20.3 Å². The first-order chi connectivity index (χ1) is 11.0. The third kappa shape index (κ3) is 3.67. The molecule has 0 bridgehead atoms. The lowest BCUT2D eigenvalue weighted by Gasteiger charge is -2.35. The lowest BCUT2D eigenvalue weighted by atomic mass is 9.78. The van der Waals surface area contributed by atoms with Crippen LogP contribution in [0.25, 0.3) is 0 Å². The highest BCUT2D eigenvalue weighted by Gasteiger charge is 2.32. The molecule has 122 valence electrons. The summed E-state index contributed by atoms with van der Waals surface area (Å²) in [4.78, 5) is 26.1. The SMILES string of the molecule is CNc1cc(C2CC(NC(=O)Cc3nc(C)sc3C)C2)ncn1. The van der Waals surface area contributed by atoms with Gasteiger partial charge in [0.1, 0.15) is 12.1 Å². The number of nitrogens with zero attached hydrogens (tertiary/aromatic N) is 3. The number of thiazole rings is 1. The minimum Gasteiger partial charge on any atom is -0.373 e. The topological polar surface area (TPSA) is 79.8 Å². The zero-order valence-corrected chi connectivity index (χ0v) is 14.4. The van der Waals surface area contributed by atoms with Crippen LogP contribution in [0.3, 0.4) is 0 Å². The number of aromatic nitrogens is 3. The molecule has 2 N–H and O–H groups in total. The van der Waals surface area contributed by atoms with Gasteiger partial charge in [-0.15, -0.1) is 11.3 Å². The van der Waals surface area contributed by atoms with E-state index in [2.05, 4.69) is 25.6 Å². The van der Waals surface area contributed by atoms with Crippen molar-refractivity contribution >= 4 is 23.1 Å². The number of rotatable bonds is 5. The van der Waals surface area contributed by atoms with Gasteiger partial charge in [0.25, 0.3) is 0 Å². The van der Waals surface area contributed by atoms with Crippen LogP contribution in [0.2, 0.25) is 0 Å². The van der Waals surface area contributed by atoms with Crippen molar-refractivity contribution in [3.05, 3.63) is 33.7 Å². The van der Waals surface area contributed by atoms with E-state index in [1.54, 1.807) is 17.7 Å². The van der Waals surface area contributed by atoms with Crippen LogP contribution in [0, 0.1) is 13.8 Å². The van der Waals surface area contributed by atoms with Gasteiger partial charge in [-0.05, 0) is 26.7 Å². The van der Waals surface area contributed by atoms with Gasteiger partial charge in [0.15, 0.2) is 0 Å². The Bertz CT molecular complexity index is 708. The van der Waals surface area contributed by atoms with Crippen LogP contribution in [0.4, 0.5) is 5.82 Å². The molecule has 23 heavy (non-hydrogen) atoms. The second-order valence-corrected chi connectivity index (χ2v) is 7.33. The molecule has 0 aromatic carbocycles. The minimum absolute atomic E-state index is 0.0560. The number of carbonyl (C=O) groups excluding carboxylic acids is 1. The average Bonchev–Trinajstić information content (AvgIpc) is 2.80. The molecule has 2 heterocycles. The van der Waals surface area contributed by atoms with Crippen LogP contribution in [-0.2, 0) is 11.2 Å². The fraction of sp³-hybridized carbons (Fsp3) is 0.500. The van der Waals surface area contributed by atoms with Gasteiger partial charge in [-0.3, -0.25) is 4.79 Å². The first-order valence-electron chi connectivity index (χ1n) is 7.77. The van der Waals surface area contributed by atoms with E-state index in [1.165, 1.54) is 0 Å². The highest BCUT2D eigenvalue weighted by molar-refractivity contribution is 7.11. The van der Waals surface area contributed by atoms with Gasteiger partial charge < -0.3 is 10.6 Å². The standard InChI is InChI=1S/C16H21N5OS/c1-9-13(20-10(2)23-9)7-16(22)21-12-4-11(5-12)14-6-15(17-3)19-8-18-14/h6,8,11-12H,4-5,7H2,1-3H3,(H,21,22)(H,17,18,19). The summed E-state index contributed by atoms with van der Waals surface area (Å²) < 4.78 is 0. The Morgan fingerprint density at radius 2 is 2.13 bits per heavy atom. The summed E-state index contributed by atoms with van der Waals surface area (Å²) in [6, 6.07) is 2.21. The van der Waals surface area contributed by atoms with Gasteiger partial charge in [0, 0.05) is 35.6 Å². The van der Waals surface area contributed by atoms with Crippen molar-refractivity contribution in [3.63, 3.8) is 0 Å². The van der Waals surface area contributed by atoms with Crippen LogP contribution in [0.5, 0.6) is 0 Å². The molecule has 6 nitrogen and oxygen atoms in total. The van der Waals surface area contributed by atoms with E-state index in [-0.39, 0.29) is 11.9 Å². The molecule has 0 aliphatic heterocycles. The maximum absolute atomic E-state index is 12.1. The monoisotopic (exact) mass is 331 g/mol. The number of hydrogen-bond donors (Lipinski definition) is 2. The van der Waals surface area contributed by atoms with E-state index in [4.69, 9.17) is 0 Å². The van der Waals surface area contributed by atoms with Crippen molar-refractivity contribution in [3.8, 4) is 0 Å². The number of amides is 1. The summed E-state index contributed by atoms with van der Waals surface area (Å²) >= 11 is 1.64. The van der Waals surface area contributed by atoms with Crippen molar-refractivity contribution in [2.45, 2.75) is 45.1 Å². The fourth-order valence-electron chi connectivity index (χ4n) is 2.88. The number of carbonyl (C=O) groups is 1. The number of aryl methyl sites for hydroxylation is 2. The van der Waals surface area contributed by atoms with Gasteiger partial charge in [0.05, 0.1) is 17.1 Å². The molecule has 7 heteroatoms. The van der Waals surface area contributed by atoms with Crippen molar-refractivity contribution in [1.29, 1.82) is 0 Å². The van der Waals surface area contributed by atoms with Crippen LogP contribution in [0.1, 0.15) is 40.0 Å². The van der Waals surface area contributed by atoms with E-state index in [0.29, 0.717) is 12.3 Å². The second kappa shape index (κ2) is 6.62. The predicted octanol–water partition coefficient (Wildman–Crippen LogP) is 2.20. The Morgan fingerprint density at radius 3 is 2.78 bits per heavy atom. The van der Waals surface area contributed by atoms with Crippen molar-refractivity contribution < 1.29 is 4.79 Å². The lowest BCUT2D eigenvalue weighted by molar-refractivity contribution is -0.121. The molecule has 3 rings (SSSR count). The summed E-state index contributed by atoms with van der Waals surface area (Å²) in [6.45, 7) is 3.98. The quantitative estimate of drug-likeness (QED) is 0.878. The summed E-state index contributed by atoms with van der Waals surface area (Å²) in [5, 5.41) is 7.13. The smallest absolute Gasteiger partial charge is 0.226 e. The third-order valence-electron chi connectivity index (χ3n) is 4.19. The predicted molar refractivity (Wildman–Crippen MR) is 90.8 cm³/mol. The molecule has 0 spiro atoms. The summed E-state index contributed by atoms with van der Waals surface area (Å²) in [6.07, 6.45) is 3.82. The third-order valence-corrected chi connectivity index (χ3v) is 5.12. The van der Waals surface area contributed by atoms with Gasteiger partial charge in [0.2, 0.25) is 5.91 Å². The molecule has 1 aliphatic rings. The molecule has 2 aromatic heterocycles. The molecule has 0 radical (unpaired) electrons. The normalized spacial score (nSPS) is 20.0. The van der Waals surface area contributed by atoms with E-state index < -0.39 is 0 Å². The Kier molecular flexibility index (Phi) is 4.56. The largest absolute Gasteiger partial charge is 0.373 e. The first-order valence-corrected chi connectivity index (χ1v) is 8.58. The number of hydrogen-bond acceptors (Lipinski definition) is 6. The second-order valence-electron chi connectivity index (χ2n) is 5.92. The summed E-state index contributed by atoms with van der Waals surface area (Å²) in [5.74, 6) is 1.29. The fourth-order valence-corrected chi connectivity index (χ4v) is 3.71. The van der Waals surface area contributed by atoms with Crippen LogP contribution in [-0.4, -0.2) is 33.9 Å². The lowest BCUT2D eigenvalue weighted by Crippen LogP contribution is -2.44. The van der Waals surface area contributed by atoms with Crippen LogP contribution < -0.4 is 10.6 Å². The van der Waals surface area contributed by atoms with E-state index in [1.807, 2.05) is 27.0 Å². The zero-order valence-electron chi connectivity index (χ0n) is 13.6.